The normalized spacial score (nSPS) is 19.9. The molecule has 0 saturated carbocycles. The minimum atomic E-state index is 0.396. The van der Waals surface area contributed by atoms with Gasteiger partial charge < -0.3 is 5.32 Å². The quantitative estimate of drug-likeness (QED) is 0.786. The van der Waals surface area contributed by atoms with E-state index in [1.165, 1.54) is 42.4 Å². The molecule has 0 fully saturated rings. The zero-order valence-corrected chi connectivity index (χ0v) is 12.2. The summed E-state index contributed by atoms with van der Waals surface area (Å²) in [5.74, 6) is 0. The van der Waals surface area contributed by atoms with Gasteiger partial charge in [0.15, 0.2) is 0 Å². The summed E-state index contributed by atoms with van der Waals surface area (Å²) >= 11 is 0. The molecular formula is C19H23N. The van der Waals surface area contributed by atoms with Crippen LogP contribution < -0.4 is 5.32 Å². The first-order valence-corrected chi connectivity index (χ1v) is 7.73. The van der Waals surface area contributed by atoms with Crippen LogP contribution in [-0.2, 0) is 6.42 Å². The Morgan fingerprint density at radius 2 is 1.70 bits per heavy atom. The molecule has 1 N–H and O–H groups in total. The fourth-order valence-corrected chi connectivity index (χ4v) is 3.23. The van der Waals surface area contributed by atoms with Gasteiger partial charge in [0.25, 0.3) is 0 Å². The topological polar surface area (TPSA) is 12.0 Å². The summed E-state index contributed by atoms with van der Waals surface area (Å²) < 4.78 is 0. The van der Waals surface area contributed by atoms with Crippen molar-refractivity contribution in [1.29, 1.82) is 0 Å². The maximum Gasteiger partial charge on any atom is 0.0328 e. The summed E-state index contributed by atoms with van der Waals surface area (Å²) in [6, 6.07) is 20.6. The van der Waals surface area contributed by atoms with Crippen molar-refractivity contribution in [3.8, 4) is 0 Å². The Bertz CT molecular complexity index is 547. The molecule has 0 spiro atoms. The Kier molecular flexibility index (Phi) is 4.17. The van der Waals surface area contributed by atoms with Gasteiger partial charge in [-0.25, -0.2) is 0 Å². The third-order valence-corrected chi connectivity index (χ3v) is 4.37. The average Bonchev–Trinajstić information content (AvgIpc) is 2.71. The Morgan fingerprint density at radius 1 is 0.950 bits per heavy atom. The summed E-state index contributed by atoms with van der Waals surface area (Å²) in [6.45, 7) is 2.27. The predicted molar refractivity (Wildman–Crippen MR) is 84.7 cm³/mol. The van der Waals surface area contributed by atoms with Crippen LogP contribution in [0.1, 0.15) is 55.0 Å². The van der Waals surface area contributed by atoms with Gasteiger partial charge in [0, 0.05) is 12.1 Å². The van der Waals surface area contributed by atoms with Gasteiger partial charge in [-0.2, -0.15) is 0 Å². The van der Waals surface area contributed by atoms with Gasteiger partial charge in [-0.05, 0) is 42.9 Å². The Balaban J connectivity index is 1.80. The zero-order chi connectivity index (χ0) is 13.8. The number of nitrogens with one attached hydrogen (secondary N) is 1. The van der Waals surface area contributed by atoms with E-state index in [0.717, 1.165) is 0 Å². The molecule has 0 saturated heterocycles. The summed E-state index contributed by atoms with van der Waals surface area (Å²) in [7, 11) is 0. The lowest BCUT2D eigenvalue weighted by Gasteiger charge is -2.24. The van der Waals surface area contributed by atoms with Gasteiger partial charge in [0.1, 0.15) is 0 Å². The molecule has 0 heterocycles. The van der Waals surface area contributed by atoms with Gasteiger partial charge >= 0.3 is 0 Å². The van der Waals surface area contributed by atoms with Crippen molar-refractivity contribution < 1.29 is 0 Å². The molecule has 20 heavy (non-hydrogen) atoms. The standard InChI is InChI=1S/C19H23N/c1-15(16-9-3-2-4-10-16)20-19-14-8-6-12-17-11-5-7-13-18(17)19/h2-5,7,9-11,13,15,19-20H,6,8,12,14H2,1H3/t15-,19?/m0/s1. The van der Waals surface area contributed by atoms with Crippen LogP contribution in [0.5, 0.6) is 0 Å². The molecule has 1 heteroatoms. The van der Waals surface area contributed by atoms with E-state index in [9.17, 15) is 0 Å². The smallest absolute Gasteiger partial charge is 0.0328 e. The molecule has 104 valence electrons. The Morgan fingerprint density at radius 3 is 2.55 bits per heavy atom. The van der Waals surface area contributed by atoms with Gasteiger partial charge in [-0.3, -0.25) is 0 Å². The molecule has 1 aliphatic rings. The fourth-order valence-electron chi connectivity index (χ4n) is 3.23. The first kappa shape index (κ1) is 13.4. The highest BCUT2D eigenvalue weighted by atomic mass is 14.9. The lowest BCUT2D eigenvalue weighted by molar-refractivity contribution is 0.437. The van der Waals surface area contributed by atoms with E-state index in [4.69, 9.17) is 0 Å². The summed E-state index contributed by atoms with van der Waals surface area (Å²) in [5.41, 5.74) is 4.41. The fraction of sp³-hybridized carbons (Fsp3) is 0.368. The number of fused-ring (bicyclic) bond motifs is 1. The van der Waals surface area contributed by atoms with Crippen LogP contribution in [0, 0.1) is 0 Å². The zero-order valence-electron chi connectivity index (χ0n) is 12.2. The van der Waals surface area contributed by atoms with E-state index in [1.807, 2.05) is 0 Å². The van der Waals surface area contributed by atoms with Crippen LogP contribution in [0.2, 0.25) is 0 Å². The molecule has 0 bridgehead atoms. The molecule has 3 rings (SSSR count). The van der Waals surface area contributed by atoms with Gasteiger partial charge in [0.05, 0.1) is 0 Å². The molecule has 0 radical (unpaired) electrons. The molecule has 2 atom stereocenters. The number of hydrogen-bond acceptors (Lipinski definition) is 1. The third kappa shape index (κ3) is 2.94. The molecule has 0 amide bonds. The van der Waals surface area contributed by atoms with Crippen LogP contribution in [0.25, 0.3) is 0 Å². The van der Waals surface area contributed by atoms with Crippen LogP contribution in [0.3, 0.4) is 0 Å². The van der Waals surface area contributed by atoms with Gasteiger partial charge in [-0.15, -0.1) is 0 Å². The van der Waals surface area contributed by atoms with Crippen LogP contribution in [0.4, 0.5) is 0 Å². The highest BCUT2D eigenvalue weighted by Gasteiger charge is 2.20. The monoisotopic (exact) mass is 265 g/mol. The van der Waals surface area contributed by atoms with Crippen molar-refractivity contribution in [2.75, 3.05) is 0 Å². The molecule has 0 aliphatic heterocycles. The van der Waals surface area contributed by atoms with Crippen LogP contribution >= 0.6 is 0 Å². The first-order valence-electron chi connectivity index (χ1n) is 7.73. The highest BCUT2D eigenvalue weighted by Crippen LogP contribution is 2.30. The number of rotatable bonds is 3. The molecule has 1 aliphatic carbocycles. The lowest BCUT2D eigenvalue weighted by atomic mass is 9.97. The van der Waals surface area contributed by atoms with Crippen molar-refractivity contribution in [3.05, 3.63) is 71.3 Å². The van der Waals surface area contributed by atoms with Crippen molar-refractivity contribution in [1.82, 2.24) is 5.32 Å². The average molecular weight is 265 g/mol. The van der Waals surface area contributed by atoms with Crippen LogP contribution in [-0.4, -0.2) is 0 Å². The van der Waals surface area contributed by atoms with Gasteiger partial charge in [0.2, 0.25) is 0 Å². The number of aryl methyl sites for hydroxylation is 1. The second-order valence-electron chi connectivity index (χ2n) is 5.80. The Hall–Kier alpha value is -1.60. The largest absolute Gasteiger partial charge is 0.303 e. The van der Waals surface area contributed by atoms with E-state index in [0.29, 0.717) is 12.1 Å². The second-order valence-corrected chi connectivity index (χ2v) is 5.80. The SMILES string of the molecule is C[C@H](NC1CCCCc2ccccc21)c1ccccc1. The molecule has 0 aromatic heterocycles. The molecular weight excluding hydrogens is 242 g/mol. The van der Waals surface area contributed by atoms with Crippen LogP contribution in [0.15, 0.2) is 54.6 Å². The van der Waals surface area contributed by atoms with Crippen molar-refractivity contribution in [2.24, 2.45) is 0 Å². The predicted octanol–water partition coefficient (Wildman–Crippen LogP) is 4.80. The van der Waals surface area contributed by atoms with Gasteiger partial charge in [-0.1, -0.05) is 61.0 Å². The summed E-state index contributed by atoms with van der Waals surface area (Å²) in [5, 5.41) is 3.83. The molecule has 1 unspecified atom stereocenters. The molecule has 1 nitrogen and oxygen atoms in total. The minimum absolute atomic E-state index is 0.396. The Labute approximate surface area is 122 Å². The minimum Gasteiger partial charge on any atom is -0.303 e. The second kappa shape index (κ2) is 6.23. The van der Waals surface area contributed by atoms with E-state index >= 15 is 0 Å². The van der Waals surface area contributed by atoms with Crippen molar-refractivity contribution in [2.45, 2.75) is 44.7 Å². The van der Waals surface area contributed by atoms with E-state index in [-0.39, 0.29) is 0 Å². The third-order valence-electron chi connectivity index (χ3n) is 4.37. The molecule has 2 aromatic carbocycles. The number of benzene rings is 2. The maximum absolute atomic E-state index is 3.83. The van der Waals surface area contributed by atoms with E-state index in [1.54, 1.807) is 0 Å². The van der Waals surface area contributed by atoms with Crippen molar-refractivity contribution >= 4 is 0 Å². The summed E-state index contributed by atoms with van der Waals surface area (Å²) in [4.78, 5) is 0. The van der Waals surface area contributed by atoms with E-state index in [2.05, 4.69) is 66.8 Å². The highest BCUT2D eigenvalue weighted by molar-refractivity contribution is 5.31. The van der Waals surface area contributed by atoms with Crippen molar-refractivity contribution in [3.63, 3.8) is 0 Å². The summed E-state index contributed by atoms with van der Waals surface area (Å²) in [6.07, 6.45) is 5.10. The van der Waals surface area contributed by atoms with E-state index < -0.39 is 0 Å². The first-order chi connectivity index (χ1) is 9.84. The number of hydrogen-bond donors (Lipinski definition) is 1. The lowest BCUT2D eigenvalue weighted by Crippen LogP contribution is -2.24. The maximum atomic E-state index is 3.83. The molecule has 2 aromatic rings.